The van der Waals surface area contributed by atoms with Gasteiger partial charge < -0.3 is 4.74 Å². The van der Waals surface area contributed by atoms with Crippen LogP contribution in [0.3, 0.4) is 0 Å². The molecule has 0 radical (unpaired) electrons. The van der Waals surface area contributed by atoms with E-state index in [1.165, 1.54) is 19.2 Å². The van der Waals surface area contributed by atoms with E-state index in [1.54, 1.807) is 12.1 Å². The van der Waals surface area contributed by atoms with Crippen LogP contribution in [0.4, 0.5) is 18.9 Å². The maximum Gasteiger partial charge on any atom is 0.416 e. The quantitative estimate of drug-likeness (QED) is 0.819. The van der Waals surface area contributed by atoms with Crippen molar-refractivity contribution in [2.24, 2.45) is 0 Å². The molecule has 0 aliphatic carbocycles. The van der Waals surface area contributed by atoms with Crippen LogP contribution >= 0.6 is 15.9 Å². The van der Waals surface area contributed by atoms with E-state index in [0.29, 0.717) is 11.8 Å². The molecule has 9 heteroatoms. The summed E-state index contributed by atoms with van der Waals surface area (Å²) in [6.07, 6.45) is -4.65. The zero-order chi connectivity index (χ0) is 17.3. The number of ether oxygens (including phenoxy) is 1. The molecule has 1 N–H and O–H groups in total. The topological polar surface area (TPSA) is 55.4 Å². The Morgan fingerprint density at radius 3 is 2.43 bits per heavy atom. The summed E-state index contributed by atoms with van der Waals surface area (Å²) in [6.45, 7) is 0. The van der Waals surface area contributed by atoms with Gasteiger partial charge >= 0.3 is 6.18 Å². The van der Waals surface area contributed by atoms with Crippen molar-refractivity contribution >= 4 is 31.6 Å². The fourth-order valence-electron chi connectivity index (χ4n) is 1.78. The van der Waals surface area contributed by atoms with Crippen LogP contribution in [0.5, 0.6) is 5.75 Å². The number of alkyl halides is 3. The van der Waals surface area contributed by atoms with Gasteiger partial charge in [-0.05, 0) is 30.3 Å². The Morgan fingerprint density at radius 1 is 1.13 bits per heavy atom. The molecule has 0 aromatic heterocycles. The van der Waals surface area contributed by atoms with Gasteiger partial charge in [-0.25, -0.2) is 8.42 Å². The van der Waals surface area contributed by atoms with Crippen LogP contribution in [0, 0.1) is 0 Å². The highest BCUT2D eigenvalue weighted by atomic mass is 79.9. The monoisotopic (exact) mass is 409 g/mol. The first kappa shape index (κ1) is 17.6. The maximum atomic E-state index is 12.8. The average Bonchev–Trinajstić information content (AvgIpc) is 2.45. The lowest BCUT2D eigenvalue weighted by atomic mass is 10.2. The number of rotatable bonds is 4. The van der Waals surface area contributed by atoms with Crippen LogP contribution in [0.15, 0.2) is 51.8 Å². The van der Waals surface area contributed by atoms with Gasteiger partial charge in [-0.15, -0.1) is 0 Å². The van der Waals surface area contributed by atoms with Crippen molar-refractivity contribution in [3.05, 3.63) is 52.5 Å². The first-order chi connectivity index (χ1) is 10.6. The maximum absolute atomic E-state index is 12.8. The van der Waals surface area contributed by atoms with Crippen LogP contribution in [0.25, 0.3) is 0 Å². The Labute approximate surface area is 139 Å². The van der Waals surface area contributed by atoms with Gasteiger partial charge in [0.2, 0.25) is 0 Å². The molecule has 2 aromatic carbocycles. The molecule has 124 valence electrons. The minimum atomic E-state index is -4.65. The van der Waals surface area contributed by atoms with E-state index >= 15 is 0 Å². The second-order valence-electron chi connectivity index (χ2n) is 4.51. The first-order valence-corrected chi connectivity index (χ1v) is 8.44. The Balaban J connectivity index is 2.41. The molecule has 0 saturated carbocycles. The van der Waals surface area contributed by atoms with Crippen LogP contribution in [0.2, 0.25) is 0 Å². The van der Waals surface area contributed by atoms with E-state index in [2.05, 4.69) is 20.7 Å². The molecule has 0 atom stereocenters. The summed E-state index contributed by atoms with van der Waals surface area (Å²) in [5, 5.41) is 0. The van der Waals surface area contributed by atoms with Crippen molar-refractivity contribution in [2.45, 2.75) is 11.1 Å². The van der Waals surface area contributed by atoms with Crippen molar-refractivity contribution in [3.8, 4) is 5.75 Å². The van der Waals surface area contributed by atoms with Crippen LogP contribution in [0.1, 0.15) is 5.56 Å². The van der Waals surface area contributed by atoms with Crippen LogP contribution in [-0.4, -0.2) is 15.5 Å². The minimum Gasteiger partial charge on any atom is -0.497 e. The molecule has 0 saturated heterocycles. The highest BCUT2D eigenvalue weighted by Crippen LogP contribution is 2.33. The number of methoxy groups -OCH3 is 1. The van der Waals surface area contributed by atoms with E-state index in [9.17, 15) is 21.6 Å². The number of sulfonamides is 1. The summed E-state index contributed by atoms with van der Waals surface area (Å²) in [6, 6.07) is 8.52. The lowest BCUT2D eigenvalue weighted by Gasteiger charge is -2.12. The van der Waals surface area contributed by atoms with Gasteiger partial charge in [0.25, 0.3) is 10.0 Å². The minimum absolute atomic E-state index is 0.0124. The van der Waals surface area contributed by atoms with Crippen molar-refractivity contribution in [2.75, 3.05) is 11.8 Å². The van der Waals surface area contributed by atoms with E-state index in [0.717, 1.165) is 12.1 Å². The number of halogens is 4. The summed E-state index contributed by atoms with van der Waals surface area (Å²) in [5.41, 5.74) is -0.879. The Morgan fingerprint density at radius 2 is 1.83 bits per heavy atom. The van der Waals surface area contributed by atoms with E-state index in [1.807, 2.05) is 0 Å². The highest BCUT2D eigenvalue weighted by molar-refractivity contribution is 9.10. The second kappa shape index (κ2) is 6.40. The zero-order valence-corrected chi connectivity index (χ0v) is 14.1. The van der Waals surface area contributed by atoms with Gasteiger partial charge in [0.1, 0.15) is 5.75 Å². The molecule has 4 nitrogen and oxygen atoms in total. The zero-order valence-electron chi connectivity index (χ0n) is 11.7. The van der Waals surface area contributed by atoms with Crippen molar-refractivity contribution in [3.63, 3.8) is 0 Å². The smallest absolute Gasteiger partial charge is 0.416 e. The van der Waals surface area contributed by atoms with Crippen molar-refractivity contribution in [1.82, 2.24) is 0 Å². The Kier molecular flexibility index (Phi) is 4.90. The number of hydrogen-bond donors (Lipinski definition) is 1. The summed E-state index contributed by atoms with van der Waals surface area (Å²) in [5.74, 6) is 0.412. The average molecular weight is 410 g/mol. The Bertz CT molecular complexity index is 822. The molecule has 2 rings (SSSR count). The molecular weight excluding hydrogens is 399 g/mol. The van der Waals surface area contributed by atoms with E-state index < -0.39 is 26.7 Å². The molecule has 0 spiro atoms. The molecule has 23 heavy (non-hydrogen) atoms. The summed E-state index contributed by atoms with van der Waals surface area (Å²) in [7, 11) is -2.76. The van der Waals surface area contributed by atoms with Gasteiger partial charge in [0, 0.05) is 10.5 Å². The summed E-state index contributed by atoms with van der Waals surface area (Å²) in [4.78, 5) is -0.498. The number of hydrogen-bond acceptors (Lipinski definition) is 3. The molecule has 0 fully saturated rings. The first-order valence-electron chi connectivity index (χ1n) is 6.16. The number of nitrogens with one attached hydrogen (secondary N) is 1. The molecule has 0 unspecified atom stereocenters. The van der Waals surface area contributed by atoms with Gasteiger partial charge in [0.15, 0.2) is 0 Å². The fourth-order valence-corrected chi connectivity index (χ4v) is 3.55. The molecule has 0 bridgehead atoms. The second-order valence-corrected chi connectivity index (χ2v) is 7.11. The molecule has 0 amide bonds. The largest absolute Gasteiger partial charge is 0.497 e. The number of anilines is 1. The summed E-state index contributed by atoms with van der Waals surface area (Å²) < 4.78 is 70.2. The third-order valence-corrected chi connectivity index (χ3v) is 4.65. The molecule has 2 aromatic rings. The normalized spacial score (nSPS) is 12.0. The van der Waals surface area contributed by atoms with E-state index in [4.69, 9.17) is 4.74 Å². The predicted molar refractivity (Wildman–Crippen MR) is 82.9 cm³/mol. The van der Waals surface area contributed by atoms with Gasteiger partial charge in [-0.2, -0.15) is 13.2 Å². The lowest BCUT2D eigenvalue weighted by Crippen LogP contribution is -2.15. The Hall–Kier alpha value is -1.74. The molecule has 0 heterocycles. The highest BCUT2D eigenvalue weighted by Gasteiger charge is 2.32. The molecular formula is C14H11BrF3NO3S. The SMILES string of the molecule is COc1cccc(NS(=O)(=O)c2cc(Br)cc(C(F)(F)F)c2)c1. The molecule has 0 aliphatic heterocycles. The van der Waals surface area contributed by atoms with Crippen molar-refractivity contribution < 1.29 is 26.3 Å². The van der Waals surface area contributed by atoms with Gasteiger partial charge in [-0.3, -0.25) is 4.72 Å². The lowest BCUT2D eigenvalue weighted by molar-refractivity contribution is -0.137. The van der Waals surface area contributed by atoms with Gasteiger partial charge in [0.05, 0.1) is 23.3 Å². The van der Waals surface area contributed by atoms with E-state index in [-0.39, 0.29) is 10.2 Å². The summed E-state index contributed by atoms with van der Waals surface area (Å²) >= 11 is 2.89. The standard InChI is InChI=1S/C14H11BrF3NO3S/c1-22-12-4-2-3-11(8-12)19-23(20,21)13-6-9(14(16,17)18)5-10(15)7-13/h2-8,19H,1H3. The third kappa shape index (κ3) is 4.38. The van der Waals surface area contributed by atoms with Crippen molar-refractivity contribution in [1.29, 1.82) is 0 Å². The molecule has 0 aliphatic rings. The fraction of sp³-hybridized carbons (Fsp3) is 0.143. The number of benzene rings is 2. The van der Waals surface area contributed by atoms with Crippen LogP contribution < -0.4 is 9.46 Å². The van der Waals surface area contributed by atoms with Crippen LogP contribution in [-0.2, 0) is 16.2 Å². The van der Waals surface area contributed by atoms with Gasteiger partial charge in [-0.1, -0.05) is 22.0 Å². The third-order valence-electron chi connectivity index (χ3n) is 2.83. The predicted octanol–water partition coefficient (Wildman–Crippen LogP) is 4.28.